The Morgan fingerprint density at radius 1 is 1.35 bits per heavy atom. The zero-order valence-corrected chi connectivity index (χ0v) is 13.6. The third-order valence-corrected chi connectivity index (χ3v) is 3.59. The summed E-state index contributed by atoms with van der Waals surface area (Å²) in [6, 6.07) is 4.93. The number of pyridine rings is 2. The van der Waals surface area contributed by atoms with Crippen molar-refractivity contribution in [2.24, 2.45) is 4.99 Å². The number of alkyl halides is 2. The van der Waals surface area contributed by atoms with Crippen molar-refractivity contribution in [1.29, 1.82) is 5.26 Å². The van der Waals surface area contributed by atoms with E-state index in [1.54, 1.807) is 13.0 Å². The summed E-state index contributed by atoms with van der Waals surface area (Å²) in [7, 11) is 0. The van der Waals surface area contributed by atoms with Crippen molar-refractivity contribution in [2.75, 3.05) is 6.61 Å². The highest BCUT2D eigenvalue weighted by Crippen LogP contribution is 2.30. The number of nitrogens with zero attached hydrogens (tertiary/aromatic N) is 6. The van der Waals surface area contributed by atoms with Crippen LogP contribution in [0.2, 0.25) is 0 Å². The van der Waals surface area contributed by atoms with Gasteiger partial charge in [0.1, 0.15) is 17.3 Å². The molecule has 3 aromatic heterocycles. The predicted molar refractivity (Wildman–Crippen MR) is 86.8 cm³/mol. The minimum atomic E-state index is -2.67. The summed E-state index contributed by atoms with van der Waals surface area (Å²) in [4.78, 5) is 12.4. The molecule has 26 heavy (non-hydrogen) atoms. The number of aryl methyl sites for hydroxylation is 1. The van der Waals surface area contributed by atoms with Crippen molar-refractivity contribution in [3.8, 4) is 11.9 Å². The Hall–Kier alpha value is -3.48. The van der Waals surface area contributed by atoms with Gasteiger partial charge in [0, 0.05) is 23.4 Å². The van der Waals surface area contributed by atoms with E-state index in [9.17, 15) is 8.78 Å². The molecule has 0 radical (unpaired) electrons. The van der Waals surface area contributed by atoms with E-state index in [0.29, 0.717) is 33.8 Å². The van der Waals surface area contributed by atoms with Gasteiger partial charge in [-0.05, 0) is 36.1 Å². The van der Waals surface area contributed by atoms with Crippen LogP contribution in [0.1, 0.15) is 22.5 Å². The number of hydrogen-bond acceptors (Lipinski definition) is 8. The van der Waals surface area contributed by atoms with Gasteiger partial charge in [0.25, 0.3) is 6.43 Å². The smallest absolute Gasteiger partial charge is 0.272 e. The Labute approximate surface area is 146 Å². The molecule has 3 heterocycles. The highest BCUT2D eigenvalue weighted by atomic mass is 19.3. The molecule has 0 aliphatic heterocycles. The Bertz CT molecular complexity index is 1010. The fourth-order valence-electron chi connectivity index (χ4n) is 2.42. The summed E-state index contributed by atoms with van der Waals surface area (Å²) in [6.45, 7) is 4.45. The van der Waals surface area contributed by atoms with Crippen LogP contribution in [0.15, 0.2) is 21.8 Å². The van der Waals surface area contributed by atoms with Crippen LogP contribution in [-0.4, -0.2) is 40.0 Å². The second kappa shape index (κ2) is 7.18. The average Bonchev–Trinajstić information content (AvgIpc) is 3.08. The molecule has 10 heteroatoms. The molecule has 0 aliphatic carbocycles. The molecule has 0 unspecified atom stereocenters. The van der Waals surface area contributed by atoms with Gasteiger partial charge >= 0.3 is 0 Å². The van der Waals surface area contributed by atoms with Gasteiger partial charge in [-0.2, -0.15) is 5.26 Å². The van der Waals surface area contributed by atoms with E-state index >= 15 is 0 Å². The predicted octanol–water partition coefficient (Wildman–Crippen LogP) is 2.76. The fraction of sp³-hybridized carbons (Fsp3) is 0.250. The van der Waals surface area contributed by atoms with E-state index in [1.165, 1.54) is 6.07 Å². The number of rotatable bonds is 6. The molecule has 0 saturated carbocycles. The molecule has 0 amide bonds. The first-order chi connectivity index (χ1) is 12.5. The van der Waals surface area contributed by atoms with Crippen molar-refractivity contribution >= 4 is 23.6 Å². The number of fused-ring (bicyclic) bond motifs is 1. The van der Waals surface area contributed by atoms with Crippen LogP contribution < -0.4 is 4.74 Å². The maximum Gasteiger partial charge on any atom is 0.272 e. The Morgan fingerprint density at radius 3 is 2.85 bits per heavy atom. The third kappa shape index (κ3) is 3.32. The number of aliphatic imine (C=N–C) groups is 1. The van der Waals surface area contributed by atoms with Gasteiger partial charge in [0.2, 0.25) is 11.5 Å². The van der Waals surface area contributed by atoms with Crippen LogP contribution in [-0.2, 0) is 6.42 Å². The zero-order chi connectivity index (χ0) is 18.7. The molecule has 8 nitrogen and oxygen atoms in total. The van der Waals surface area contributed by atoms with E-state index in [-0.39, 0.29) is 17.9 Å². The fourth-order valence-corrected chi connectivity index (χ4v) is 2.42. The molecular formula is C16H12F2N6O2. The minimum absolute atomic E-state index is 0.0717. The van der Waals surface area contributed by atoms with E-state index in [2.05, 4.69) is 36.6 Å². The number of hydrogen-bond donors (Lipinski definition) is 0. The maximum atomic E-state index is 12.4. The molecule has 0 saturated heterocycles. The quantitative estimate of drug-likeness (QED) is 0.623. The summed E-state index contributed by atoms with van der Waals surface area (Å²) in [5, 5.41) is 16.5. The normalized spacial score (nSPS) is 10.9. The first-order valence-corrected chi connectivity index (χ1v) is 7.43. The van der Waals surface area contributed by atoms with E-state index < -0.39 is 13.0 Å². The van der Waals surface area contributed by atoms with Crippen molar-refractivity contribution in [2.45, 2.75) is 19.8 Å². The third-order valence-electron chi connectivity index (χ3n) is 3.59. The number of nitriles is 1. The van der Waals surface area contributed by atoms with Gasteiger partial charge in [0.15, 0.2) is 12.1 Å². The Balaban J connectivity index is 2.00. The summed E-state index contributed by atoms with van der Waals surface area (Å²) in [5.41, 5.74) is 2.99. The molecule has 0 aliphatic rings. The molecule has 0 atom stereocenters. The Kier molecular flexibility index (Phi) is 4.79. The first kappa shape index (κ1) is 17.3. The monoisotopic (exact) mass is 358 g/mol. The summed E-state index contributed by atoms with van der Waals surface area (Å²) in [5.74, 6) is -0.145. The van der Waals surface area contributed by atoms with Crippen LogP contribution in [0, 0.1) is 18.3 Å². The van der Waals surface area contributed by atoms with Gasteiger partial charge < -0.3 is 4.74 Å². The summed E-state index contributed by atoms with van der Waals surface area (Å²) in [6.07, 6.45) is -2.41. The minimum Gasteiger partial charge on any atom is -0.471 e. The largest absolute Gasteiger partial charge is 0.471 e. The molecule has 132 valence electrons. The topological polar surface area (TPSA) is 110 Å². The van der Waals surface area contributed by atoms with Crippen molar-refractivity contribution in [3.63, 3.8) is 0 Å². The maximum absolute atomic E-state index is 12.4. The second-order valence-corrected chi connectivity index (χ2v) is 5.26. The van der Waals surface area contributed by atoms with Gasteiger partial charge in [-0.3, -0.25) is 4.99 Å². The molecule has 0 N–H and O–H groups in total. The highest BCUT2D eigenvalue weighted by Gasteiger charge is 2.18. The average molecular weight is 358 g/mol. The van der Waals surface area contributed by atoms with E-state index in [4.69, 9.17) is 10.00 Å². The SMILES string of the molecule is C=Nc1c(Cc2ccc(C#N)c(OCC(F)F)n2)c(C)nc2nonc12. The molecule has 0 bridgehead atoms. The molecule has 0 spiro atoms. The molecule has 3 rings (SSSR count). The lowest BCUT2D eigenvalue weighted by Gasteiger charge is -2.11. The lowest BCUT2D eigenvalue weighted by atomic mass is 10.0. The zero-order valence-electron chi connectivity index (χ0n) is 13.6. The van der Waals surface area contributed by atoms with E-state index in [1.807, 2.05) is 6.07 Å². The van der Waals surface area contributed by atoms with Crippen LogP contribution in [0.4, 0.5) is 14.5 Å². The van der Waals surface area contributed by atoms with Gasteiger partial charge in [-0.25, -0.2) is 23.4 Å². The van der Waals surface area contributed by atoms with Crippen LogP contribution in [0.5, 0.6) is 5.88 Å². The number of ether oxygens (including phenoxy) is 1. The lowest BCUT2D eigenvalue weighted by Crippen LogP contribution is -2.10. The first-order valence-electron chi connectivity index (χ1n) is 7.43. The lowest BCUT2D eigenvalue weighted by molar-refractivity contribution is 0.0793. The van der Waals surface area contributed by atoms with Gasteiger partial charge in [-0.15, -0.1) is 0 Å². The number of halogens is 2. The summed E-state index contributed by atoms with van der Waals surface area (Å²) >= 11 is 0. The van der Waals surface area contributed by atoms with Crippen molar-refractivity contribution in [1.82, 2.24) is 20.3 Å². The van der Waals surface area contributed by atoms with Gasteiger partial charge in [0.05, 0.1) is 0 Å². The van der Waals surface area contributed by atoms with E-state index in [0.717, 1.165) is 0 Å². The Morgan fingerprint density at radius 2 is 2.15 bits per heavy atom. The molecular weight excluding hydrogens is 346 g/mol. The molecule has 0 fully saturated rings. The highest BCUT2D eigenvalue weighted by molar-refractivity contribution is 5.86. The van der Waals surface area contributed by atoms with Crippen LogP contribution >= 0.6 is 0 Å². The van der Waals surface area contributed by atoms with Crippen molar-refractivity contribution < 1.29 is 18.1 Å². The summed E-state index contributed by atoms with van der Waals surface area (Å²) < 4.78 is 34.4. The molecule has 0 aromatic carbocycles. The standard InChI is InChI=1S/C16H12F2N6O2/c1-8-11(13(20-2)14-15(21-8)24-26-23-14)5-10-4-3-9(6-19)16(22-10)25-7-12(17)18/h3-4,12H,2,5,7H2,1H3. The van der Waals surface area contributed by atoms with Crippen molar-refractivity contribution in [3.05, 3.63) is 34.6 Å². The second-order valence-electron chi connectivity index (χ2n) is 5.26. The molecule has 3 aromatic rings. The van der Waals surface area contributed by atoms with Crippen LogP contribution in [0.3, 0.4) is 0 Å². The number of aromatic nitrogens is 4. The van der Waals surface area contributed by atoms with Gasteiger partial charge in [-0.1, -0.05) is 0 Å². The van der Waals surface area contributed by atoms with Crippen LogP contribution in [0.25, 0.3) is 11.2 Å².